The average Bonchev–Trinajstić information content (AvgIpc) is 3.40. The van der Waals surface area contributed by atoms with Crippen molar-refractivity contribution >= 4 is 41.2 Å². The maximum atomic E-state index is 13.2. The monoisotopic (exact) mass is 487 g/mol. The van der Waals surface area contributed by atoms with Crippen molar-refractivity contribution in [1.82, 2.24) is 19.7 Å². The van der Waals surface area contributed by atoms with Gasteiger partial charge in [0.05, 0.1) is 11.4 Å². The molecule has 0 aliphatic carbocycles. The van der Waals surface area contributed by atoms with Gasteiger partial charge in [-0.2, -0.15) is 5.10 Å². The molecule has 2 N–H and O–H groups in total. The second kappa shape index (κ2) is 10.3. The Hall–Kier alpha value is -2.98. The van der Waals surface area contributed by atoms with Gasteiger partial charge in [0.2, 0.25) is 5.91 Å². The number of nitrogens with zero attached hydrogens (tertiary/aromatic N) is 3. The summed E-state index contributed by atoms with van der Waals surface area (Å²) in [5.74, 6) is 0.381. The molecule has 3 rings (SSSR count). The van der Waals surface area contributed by atoms with E-state index in [0.29, 0.717) is 29.4 Å². The van der Waals surface area contributed by atoms with E-state index in [9.17, 15) is 9.59 Å². The third-order valence-electron chi connectivity index (χ3n) is 4.88. The Morgan fingerprint density at radius 1 is 1.27 bits per heavy atom. The number of rotatable bonds is 7. The molecule has 10 heteroatoms. The summed E-state index contributed by atoms with van der Waals surface area (Å²) < 4.78 is 7.59. The number of H-pyrrole nitrogens is 1. The number of hydrogen-bond donors (Lipinski definition) is 2. The molecule has 0 saturated heterocycles. The van der Waals surface area contributed by atoms with Crippen LogP contribution in [0.1, 0.15) is 46.2 Å². The zero-order valence-corrected chi connectivity index (χ0v) is 21.0. The van der Waals surface area contributed by atoms with Gasteiger partial charge in [-0.05, 0) is 69.9 Å². The first-order valence-electron chi connectivity index (χ1n) is 10.7. The molecular weight excluding hydrogens is 458 g/mol. The number of amides is 2. The van der Waals surface area contributed by atoms with Gasteiger partial charge in [0, 0.05) is 12.2 Å². The van der Waals surface area contributed by atoms with Crippen LogP contribution in [0.5, 0.6) is 0 Å². The molecule has 1 aromatic carbocycles. The molecule has 33 heavy (non-hydrogen) atoms. The van der Waals surface area contributed by atoms with Crippen LogP contribution in [0, 0.1) is 4.77 Å². The number of carbonyl (C=O) groups excluding carboxylic acids is 2. The van der Waals surface area contributed by atoms with Crippen molar-refractivity contribution in [2.75, 3.05) is 11.9 Å². The molecule has 0 saturated carbocycles. The van der Waals surface area contributed by atoms with E-state index in [1.807, 2.05) is 69.5 Å². The summed E-state index contributed by atoms with van der Waals surface area (Å²) in [5, 5.41) is 12.0. The van der Waals surface area contributed by atoms with Crippen molar-refractivity contribution in [3.8, 4) is 10.7 Å². The minimum absolute atomic E-state index is 0.238. The van der Waals surface area contributed by atoms with Crippen LogP contribution in [0.3, 0.4) is 0 Å². The van der Waals surface area contributed by atoms with Gasteiger partial charge in [0.25, 0.3) is 0 Å². The summed E-state index contributed by atoms with van der Waals surface area (Å²) in [6, 6.07) is 10.7. The van der Waals surface area contributed by atoms with Crippen LogP contribution < -0.4 is 5.32 Å². The summed E-state index contributed by atoms with van der Waals surface area (Å²) >= 11 is 6.91. The largest absolute Gasteiger partial charge is 0.444 e. The minimum Gasteiger partial charge on any atom is -0.444 e. The highest BCUT2D eigenvalue weighted by Gasteiger charge is 2.24. The summed E-state index contributed by atoms with van der Waals surface area (Å²) in [6.45, 7) is 9.95. The van der Waals surface area contributed by atoms with Crippen molar-refractivity contribution < 1.29 is 14.3 Å². The number of benzene rings is 1. The first kappa shape index (κ1) is 24.7. The van der Waals surface area contributed by atoms with Crippen LogP contribution in [0.4, 0.5) is 10.5 Å². The van der Waals surface area contributed by atoms with Crippen molar-refractivity contribution in [3.05, 3.63) is 52.1 Å². The van der Waals surface area contributed by atoms with E-state index in [-0.39, 0.29) is 5.91 Å². The third-order valence-corrected chi connectivity index (χ3v) is 6.04. The number of anilines is 1. The van der Waals surface area contributed by atoms with Crippen LogP contribution in [-0.4, -0.2) is 43.8 Å². The fourth-order valence-corrected chi connectivity index (χ4v) is 4.22. The molecule has 8 nitrogen and oxygen atoms in total. The van der Waals surface area contributed by atoms with Gasteiger partial charge in [-0.1, -0.05) is 24.3 Å². The molecule has 0 bridgehead atoms. The van der Waals surface area contributed by atoms with E-state index in [4.69, 9.17) is 17.0 Å². The summed E-state index contributed by atoms with van der Waals surface area (Å²) in [5.41, 5.74) is 0.849. The Morgan fingerprint density at radius 3 is 2.64 bits per heavy atom. The van der Waals surface area contributed by atoms with Crippen molar-refractivity contribution in [1.29, 1.82) is 0 Å². The van der Waals surface area contributed by atoms with Crippen molar-refractivity contribution in [2.24, 2.45) is 0 Å². The van der Waals surface area contributed by atoms with E-state index >= 15 is 0 Å². The lowest BCUT2D eigenvalue weighted by atomic mass is 10.1. The first-order chi connectivity index (χ1) is 15.6. The zero-order valence-electron chi connectivity index (χ0n) is 19.4. The molecule has 0 aliphatic rings. The molecule has 2 amide bonds. The number of carbonyl (C=O) groups is 2. The Balaban J connectivity index is 1.80. The first-order valence-corrected chi connectivity index (χ1v) is 12.0. The average molecular weight is 488 g/mol. The summed E-state index contributed by atoms with van der Waals surface area (Å²) in [7, 11) is 0. The Bertz CT molecular complexity index is 1160. The fraction of sp³-hybridized carbons (Fsp3) is 0.391. The molecule has 2 heterocycles. The van der Waals surface area contributed by atoms with E-state index in [1.54, 1.807) is 16.4 Å². The fourth-order valence-electron chi connectivity index (χ4n) is 3.22. The molecule has 0 fully saturated rings. The molecule has 0 spiro atoms. The van der Waals surface area contributed by atoms with Gasteiger partial charge in [-0.15, -0.1) is 11.3 Å². The molecule has 3 aromatic rings. The SMILES string of the molecule is CCN(Cc1ccccc1NC(=O)C(C)n1c(-c2cccs2)n[nH]c1=S)C(=O)OC(C)(C)C. The molecule has 1 atom stereocenters. The highest BCUT2D eigenvalue weighted by molar-refractivity contribution is 7.71. The van der Waals surface area contributed by atoms with E-state index in [1.165, 1.54) is 11.3 Å². The van der Waals surface area contributed by atoms with Crippen LogP contribution >= 0.6 is 23.6 Å². The van der Waals surface area contributed by atoms with E-state index < -0.39 is 17.7 Å². The predicted molar refractivity (Wildman–Crippen MR) is 133 cm³/mol. The molecule has 0 aliphatic heterocycles. The van der Waals surface area contributed by atoms with E-state index in [2.05, 4.69) is 15.5 Å². The quantitative estimate of drug-likeness (QED) is 0.422. The number of ether oxygens (including phenoxy) is 1. The lowest BCUT2D eigenvalue weighted by Gasteiger charge is -2.27. The van der Waals surface area contributed by atoms with Crippen LogP contribution in [0.15, 0.2) is 41.8 Å². The number of para-hydroxylation sites is 1. The Kier molecular flexibility index (Phi) is 7.70. The molecule has 0 radical (unpaired) electrons. The predicted octanol–water partition coefficient (Wildman–Crippen LogP) is 5.63. The number of aromatic amines is 1. The van der Waals surface area contributed by atoms with Crippen LogP contribution in [0.25, 0.3) is 10.7 Å². The standard InChI is InChI=1S/C23H29N5O3S2/c1-6-27(22(30)31-23(3,4)5)14-16-10-7-8-11-17(16)24-20(29)15(2)28-19(25-26-21(28)32)18-12-9-13-33-18/h7-13,15H,6,14H2,1-5H3,(H,24,29)(H,26,32). The number of thiophene rings is 1. The lowest BCUT2D eigenvalue weighted by Crippen LogP contribution is -2.36. The maximum absolute atomic E-state index is 13.2. The second-order valence-corrected chi connectivity index (χ2v) is 9.85. The van der Waals surface area contributed by atoms with Gasteiger partial charge < -0.3 is 15.0 Å². The summed E-state index contributed by atoms with van der Waals surface area (Å²) in [6.07, 6.45) is -0.398. The van der Waals surface area contributed by atoms with Crippen molar-refractivity contribution in [3.63, 3.8) is 0 Å². The second-order valence-electron chi connectivity index (χ2n) is 8.52. The van der Waals surface area contributed by atoms with Gasteiger partial charge in [0.15, 0.2) is 10.6 Å². The zero-order chi connectivity index (χ0) is 24.2. The number of aromatic nitrogens is 3. The van der Waals surface area contributed by atoms with Crippen LogP contribution in [0.2, 0.25) is 0 Å². The Morgan fingerprint density at radius 2 is 2.00 bits per heavy atom. The van der Waals surface area contributed by atoms with Gasteiger partial charge in [-0.25, -0.2) is 4.79 Å². The van der Waals surface area contributed by atoms with Crippen LogP contribution in [-0.2, 0) is 16.1 Å². The molecule has 2 aromatic heterocycles. The topological polar surface area (TPSA) is 92.3 Å². The van der Waals surface area contributed by atoms with Gasteiger partial charge in [0.1, 0.15) is 11.6 Å². The van der Waals surface area contributed by atoms with E-state index in [0.717, 1.165) is 10.4 Å². The maximum Gasteiger partial charge on any atom is 0.410 e. The highest BCUT2D eigenvalue weighted by Crippen LogP contribution is 2.27. The smallest absolute Gasteiger partial charge is 0.410 e. The minimum atomic E-state index is -0.602. The third kappa shape index (κ3) is 6.08. The Labute approximate surface area is 202 Å². The number of nitrogens with one attached hydrogen (secondary N) is 2. The summed E-state index contributed by atoms with van der Waals surface area (Å²) in [4.78, 5) is 28.3. The van der Waals surface area contributed by atoms with Crippen molar-refractivity contribution in [2.45, 2.75) is 52.8 Å². The lowest BCUT2D eigenvalue weighted by molar-refractivity contribution is -0.118. The van der Waals surface area contributed by atoms with Gasteiger partial charge >= 0.3 is 6.09 Å². The molecular formula is C23H29N5O3S2. The normalized spacial score (nSPS) is 12.3. The van der Waals surface area contributed by atoms with Gasteiger partial charge in [-0.3, -0.25) is 14.5 Å². The highest BCUT2D eigenvalue weighted by atomic mass is 32.1. The molecule has 1 unspecified atom stereocenters. The molecule has 176 valence electrons. The number of hydrogen-bond acceptors (Lipinski definition) is 6.